The van der Waals surface area contributed by atoms with Crippen LogP contribution in [0.25, 0.3) is 10.8 Å². The molecule has 3 aromatic carbocycles. The molecule has 4 heteroatoms. The van der Waals surface area contributed by atoms with Crippen LogP contribution in [-0.4, -0.2) is 16.7 Å². The zero-order valence-electron chi connectivity index (χ0n) is 13.4. The number of hydrogen-bond donors (Lipinski definition) is 2. The van der Waals surface area contributed by atoms with E-state index in [1.165, 1.54) is 0 Å². The molecule has 0 atom stereocenters. The predicted molar refractivity (Wildman–Crippen MR) is 96.3 cm³/mol. The molecule has 1 amide bonds. The van der Waals surface area contributed by atoms with Gasteiger partial charge < -0.3 is 5.11 Å². The summed E-state index contributed by atoms with van der Waals surface area (Å²) in [5.41, 5.74) is 4.43. The Morgan fingerprint density at radius 3 is 2.42 bits per heavy atom. The van der Waals surface area contributed by atoms with Crippen LogP contribution in [0.3, 0.4) is 0 Å². The van der Waals surface area contributed by atoms with Crippen LogP contribution in [0.15, 0.2) is 71.8 Å². The lowest BCUT2D eigenvalue weighted by molar-refractivity contribution is 0.0956. The van der Waals surface area contributed by atoms with E-state index in [1.54, 1.807) is 24.3 Å². The maximum absolute atomic E-state index is 12.5. The maximum atomic E-state index is 12.5. The fraction of sp³-hybridized carbons (Fsp3) is 0.100. The van der Waals surface area contributed by atoms with Crippen molar-refractivity contribution in [1.82, 2.24) is 5.43 Å². The number of carbonyl (C=O) groups is 1. The normalized spacial score (nSPS) is 11.5. The van der Waals surface area contributed by atoms with Crippen LogP contribution >= 0.6 is 0 Å². The molecule has 0 heterocycles. The van der Waals surface area contributed by atoms with Gasteiger partial charge in [0, 0.05) is 11.1 Å². The Morgan fingerprint density at radius 1 is 0.958 bits per heavy atom. The molecule has 0 saturated carbocycles. The van der Waals surface area contributed by atoms with Crippen molar-refractivity contribution in [2.75, 3.05) is 0 Å². The average Bonchev–Trinajstić information content (AvgIpc) is 2.63. The second-order valence-corrected chi connectivity index (χ2v) is 5.40. The third kappa shape index (κ3) is 3.13. The standard InChI is InChI=1S/C20H18N2O2/c1-2-18(17-11-5-6-13-19(17)23)21-22-20(24)16-12-7-9-14-8-3-4-10-15(14)16/h3-13,23H,2H2,1H3,(H,22,24)/b21-18+. The molecule has 0 aliphatic carbocycles. The Hall–Kier alpha value is -3.14. The van der Waals surface area contributed by atoms with Crippen LogP contribution < -0.4 is 5.43 Å². The van der Waals surface area contributed by atoms with Gasteiger partial charge in [-0.15, -0.1) is 0 Å². The SMILES string of the molecule is CC/C(=N\NC(=O)c1cccc2ccccc12)c1ccccc1O. The first-order valence-corrected chi connectivity index (χ1v) is 7.83. The molecule has 120 valence electrons. The molecule has 0 aliphatic heterocycles. The molecule has 0 saturated heterocycles. The van der Waals surface area contributed by atoms with Gasteiger partial charge in [-0.25, -0.2) is 5.43 Å². The summed E-state index contributed by atoms with van der Waals surface area (Å²) in [6.07, 6.45) is 0.591. The van der Waals surface area contributed by atoms with Gasteiger partial charge in [0.2, 0.25) is 0 Å². The second kappa shape index (κ2) is 6.96. The van der Waals surface area contributed by atoms with E-state index in [0.717, 1.165) is 10.8 Å². The molecule has 0 unspecified atom stereocenters. The predicted octanol–water partition coefficient (Wildman–Crippen LogP) is 4.09. The van der Waals surface area contributed by atoms with Gasteiger partial charge in [0.1, 0.15) is 5.75 Å². The van der Waals surface area contributed by atoms with E-state index in [-0.39, 0.29) is 11.7 Å². The van der Waals surface area contributed by atoms with Crippen LogP contribution in [0.2, 0.25) is 0 Å². The molecule has 0 aromatic heterocycles. The van der Waals surface area contributed by atoms with Crippen molar-refractivity contribution in [1.29, 1.82) is 0 Å². The number of hydrogen-bond acceptors (Lipinski definition) is 3. The first-order valence-electron chi connectivity index (χ1n) is 7.83. The Labute approximate surface area is 140 Å². The van der Waals surface area contributed by atoms with Crippen LogP contribution in [0.4, 0.5) is 0 Å². The van der Waals surface area contributed by atoms with E-state index in [9.17, 15) is 9.90 Å². The fourth-order valence-electron chi connectivity index (χ4n) is 2.65. The van der Waals surface area contributed by atoms with Gasteiger partial charge >= 0.3 is 0 Å². The summed E-state index contributed by atoms with van der Waals surface area (Å²) >= 11 is 0. The lowest BCUT2D eigenvalue weighted by atomic mass is 10.0. The molecule has 0 radical (unpaired) electrons. The van der Waals surface area contributed by atoms with Gasteiger partial charge in [-0.3, -0.25) is 4.79 Å². The van der Waals surface area contributed by atoms with E-state index in [0.29, 0.717) is 23.3 Å². The summed E-state index contributed by atoms with van der Waals surface area (Å²) < 4.78 is 0. The minimum Gasteiger partial charge on any atom is -0.507 e. The van der Waals surface area contributed by atoms with Crippen LogP contribution in [0.5, 0.6) is 5.75 Å². The first kappa shape index (κ1) is 15.7. The number of nitrogens with one attached hydrogen (secondary N) is 1. The molecule has 0 bridgehead atoms. The number of amides is 1. The zero-order valence-corrected chi connectivity index (χ0v) is 13.4. The fourth-order valence-corrected chi connectivity index (χ4v) is 2.65. The van der Waals surface area contributed by atoms with Crippen molar-refractivity contribution in [3.05, 3.63) is 77.9 Å². The number of benzene rings is 3. The minimum absolute atomic E-state index is 0.150. The van der Waals surface area contributed by atoms with Crippen LogP contribution in [0, 0.1) is 0 Å². The number of carbonyl (C=O) groups excluding carboxylic acids is 1. The monoisotopic (exact) mass is 318 g/mol. The summed E-state index contributed by atoms with van der Waals surface area (Å²) in [7, 11) is 0. The van der Waals surface area contributed by atoms with Crippen molar-refractivity contribution < 1.29 is 9.90 Å². The lowest BCUT2D eigenvalue weighted by Crippen LogP contribution is -2.20. The number of aromatic hydroxyl groups is 1. The first-order chi connectivity index (χ1) is 11.7. The summed E-state index contributed by atoms with van der Waals surface area (Å²) in [5.74, 6) is -0.120. The molecule has 24 heavy (non-hydrogen) atoms. The molecular weight excluding hydrogens is 300 g/mol. The van der Waals surface area contributed by atoms with Crippen LogP contribution in [0.1, 0.15) is 29.3 Å². The van der Waals surface area contributed by atoms with Gasteiger partial charge in [-0.2, -0.15) is 5.10 Å². The van der Waals surface area contributed by atoms with E-state index in [4.69, 9.17) is 0 Å². The second-order valence-electron chi connectivity index (χ2n) is 5.40. The van der Waals surface area contributed by atoms with Crippen molar-refractivity contribution in [2.24, 2.45) is 5.10 Å². The topological polar surface area (TPSA) is 61.7 Å². The van der Waals surface area contributed by atoms with Gasteiger partial charge in [0.25, 0.3) is 5.91 Å². The minimum atomic E-state index is -0.270. The van der Waals surface area contributed by atoms with Crippen molar-refractivity contribution in [3.8, 4) is 5.75 Å². The number of phenolic OH excluding ortho intramolecular Hbond substituents is 1. The van der Waals surface area contributed by atoms with E-state index >= 15 is 0 Å². The average molecular weight is 318 g/mol. The Kier molecular flexibility index (Phi) is 4.57. The van der Waals surface area contributed by atoms with Crippen molar-refractivity contribution >= 4 is 22.4 Å². The van der Waals surface area contributed by atoms with Gasteiger partial charge in [-0.1, -0.05) is 55.5 Å². The maximum Gasteiger partial charge on any atom is 0.272 e. The molecule has 3 aromatic rings. The van der Waals surface area contributed by atoms with E-state index in [1.807, 2.05) is 49.4 Å². The molecule has 0 fully saturated rings. The molecule has 0 aliphatic rings. The third-order valence-electron chi connectivity index (χ3n) is 3.88. The number of nitrogens with zero attached hydrogens (tertiary/aromatic N) is 1. The molecule has 2 N–H and O–H groups in total. The van der Waals surface area contributed by atoms with Gasteiger partial charge in [0.05, 0.1) is 5.71 Å². The van der Waals surface area contributed by atoms with E-state index in [2.05, 4.69) is 10.5 Å². The quantitative estimate of drug-likeness (QED) is 0.562. The molecular formula is C20H18N2O2. The number of fused-ring (bicyclic) bond motifs is 1. The number of rotatable bonds is 4. The Balaban J connectivity index is 1.90. The summed E-state index contributed by atoms with van der Waals surface area (Å²) in [4.78, 5) is 12.5. The Bertz CT molecular complexity index is 911. The smallest absolute Gasteiger partial charge is 0.272 e. The van der Waals surface area contributed by atoms with E-state index < -0.39 is 0 Å². The third-order valence-corrected chi connectivity index (χ3v) is 3.88. The van der Waals surface area contributed by atoms with Gasteiger partial charge in [0.15, 0.2) is 0 Å². The summed E-state index contributed by atoms with van der Waals surface area (Å²) in [6, 6.07) is 20.3. The summed E-state index contributed by atoms with van der Waals surface area (Å²) in [6.45, 7) is 1.93. The van der Waals surface area contributed by atoms with Gasteiger partial charge in [-0.05, 0) is 35.4 Å². The molecule has 3 rings (SSSR count). The number of hydrazone groups is 1. The van der Waals surface area contributed by atoms with Crippen LogP contribution in [-0.2, 0) is 0 Å². The molecule has 0 spiro atoms. The lowest BCUT2D eigenvalue weighted by Gasteiger charge is -2.08. The van der Waals surface area contributed by atoms with Crippen molar-refractivity contribution in [3.63, 3.8) is 0 Å². The Morgan fingerprint density at radius 2 is 1.62 bits per heavy atom. The highest BCUT2D eigenvalue weighted by Gasteiger charge is 2.11. The summed E-state index contributed by atoms with van der Waals surface area (Å²) in [5, 5.41) is 16.0. The van der Waals surface area contributed by atoms with Crippen molar-refractivity contribution in [2.45, 2.75) is 13.3 Å². The number of phenols is 1. The largest absolute Gasteiger partial charge is 0.507 e. The highest BCUT2D eigenvalue weighted by Crippen LogP contribution is 2.19. The number of para-hydroxylation sites is 1. The zero-order chi connectivity index (χ0) is 16.9. The highest BCUT2D eigenvalue weighted by molar-refractivity contribution is 6.08. The molecule has 4 nitrogen and oxygen atoms in total. The highest BCUT2D eigenvalue weighted by atomic mass is 16.3.